The molecule has 0 fully saturated rings. The second-order valence-corrected chi connectivity index (χ2v) is 4.30. The highest BCUT2D eigenvalue weighted by molar-refractivity contribution is 6.08. The zero-order chi connectivity index (χ0) is 13.9. The molecule has 0 saturated carbocycles. The van der Waals surface area contributed by atoms with Crippen LogP contribution in [0.3, 0.4) is 0 Å². The predicted molar refractivity (Wildman–Crippen MR) is 76.8 cm³/mol. The average Bonchev–Trinajstić information content (AvgIpc) is 2.47. The molecule has 3 aromatic rings. The summed E-state index contributed by atoms with van der Waals surface area (Å²) in [7, 11) is 0. The van der Waals surface area contributed by atoms with Crippen molar-refractivity contribution in [3.8, 4) is 0 Å². The number of hydrogen-bond acceptors (Lipinski definition) is 3. The van der Waals surface area contributed by atoms with Gasteiger partial charge in [0.25, 0.3) is 5.91 Å². The third-order valence-corrected chi connectivity index (χ3v) is 2.97. The molecule has 0 unspecified atom stereocenters. The summed E-state index contributed by atoms with van der Waals surface area (Å²) in [4.78, 5) is 29.9. The third kappa shape index (κ3) is 2.29. The number of nitrogens with one attached hydrogen (secondary N) is 2. The summed E-state index contributed by atoms with van der Waals surface area (Å²) in [6, 6.07) is 10.3. The predicted octanol–water partition coefficient (Wildman–Crippen LogP) is 2.18. The zero-order valence-electron chi connectivity index (χ0n) is 10.5. The van der Waals surface area contributed by atoms with Crippen molar-refractivity contribution in [3.05, 3.63) is 70.9 Å². The highest BCUT2D eigenvalue weighted by Crippen LogP contribution is 2.22. The molecule has 2 N–H and O–H groups in total. The number of hydrogen-bond donors (Lipinski definition) is 2. The molecule has 0 bridgehead atoms. The minimum absolute atomic E-state index is 0.308. The van der Waals surface area contributed by atoms with Crippen molar-refractivity contribution in [2.24, 2.45) is 0 Å². The third-order valence-electron chi connectivity index (χ3n) is 2.97. The average molecular weight is 265 g/mol. The summed E-state index contributed by atoms with van der Waals surface area (Å²) >= 11 is 0. The SMILES string of the molecule is O=C(Nc1cccc2ccncc12)c1cc[nH]c(=O)c1. The summed E-state index contributed by atoms with van der Waals surface area (Å²) in [5.41, 5.74) is 0.674. The van der Waals surface area contributed by atoms with Crippen LogP contribution in [0, 0.1) is 0 Å². The lowest BCUT2D eigenvalue weighted by atomic mass is 10.1. The van der Waals surface area contributed by atoms with Gasteiger partial charge in [-0.3, -0.25) is 14.6 Å². The number of aromatic nitrogens is 2. The highest BCUT2D eigenvalue weighted by Gasteiger charge is 2.08. The fourth-order valence-electron chi connectivity index (χ4n) is 2.00. The van der Waals surface area contributed by atoms with Gasteiger partial charge in [0.15, 0.2) is 0 Å². The van der Waals surface area contributed by atoms with E-state index >= 15 is 0 Å². The van der Waals surface area contributed by atoms with Gasteiger partial charge in [-0.1, -0.05) is 12.1 Å². The number of amides is 1. The van der Waals surface area contributed by atoms with Gasteiger partial charge >= 0.3 is 0 Å². The summed E-state index contributed by atoms with van der Waals surface area (Å²) in [6.07, 6.45) is 4.84. The van der Waals surface area contributed by atoms with Crippen molar-refractivity contribution in [2.75, 3.05) is 5.32 Å². The second-order valence-electron chi connectivity index (χ2n) is 4.30. The van der Waals surface area contributed by atoms with Gasteiger partial charge in [-0.2, -0.15) is 0 Å². The fourth-order valence-corrected chi connectivity index (χ4v) is 2.00. The van der Waals surface area contributed by atoms with Gasteiger partial charge in [0.05, 0.1) is 5.69 Å². The molecule has 1 aromatic carbocycles. The van der Waals surface area contributed by atoms with Crippen molar-refractivity contribution in [1.82, 2.24) is 9.97 Å². The van der Waals surface area contributed by atoms with Gasteiger partial charge in [0.2, 0.25) is 5.56 Å². The van der Waals surface area contributed by atoms with E-state index in [0.29, 0.717) is 11.3 Å². The largest absolute Gasteiger partial charge is 0.329 e. The summed E-state index contributed by atoms with van der Waals surface area (Å²) in [6.45, 7) is 0. The van der Waals surface area contributed by atoms with E-state index < -0.39 is 0 Å². The number of aromatic amines is 1. The number of carbonyl (C=O) groups excluding carboxylic acids is 1. The Labute approximate surface area is 114 Å². The van der Waals surface area contributed by atoms with E-state index in [2.05, 4.69) is 15.3 Å². The molecular formula is C15H11N3O2. The van der Waals surface area contributed by atoms with Crippen LogP contribution in [0.25, 0.3) is 10.8 Å². The molecule has 0 saturated heterocycles. The maximum absolute atomic E-state index is 12.1. The van der Waals surface area contributed by atoms with Gasteiger partial charge < -0.3 is 10.3 Å². The van der Waals surface area contributed by atoms with Gasteiger partial charge in [-0.15, -0.1) is 0 Å². The second kappa shape index (κ2) is 4.97. The maximum Gasteiger partial charge on any atom is 0.255 e. The van der Waals surface area contributed by atoms with Crippen LogP contribution >= 0.6 is 0 Å². The lowest BCUT2D eigenvalue weighted by molar-refractivity contribution is 0.102. The number of benzene rings is 1. The Bertz CT molecular complexity index is 834. The molecule has 0 atom stereocenters. The summed E-state index contributed by atoms with van der Waals surface area (Å²) < 4.78 is 0. The first-order chi connectivity index (χ1) is 9.74. The van der Waals surface area contributed by atoms with E-state index in [-0.39, 0.29) is 11.5 Å². The smallest absolute Gasteiger partial charge is 0.255 e. The molecule has 0 aliphatic carbocycles. The molecule has 0 aliphatic rings. The molecule has 2 heterocycles. The Morgan fingerprint density at radius 1 is 1.20 bits per heavy atom. The van der Waals surface area contributed by atoms with E-state index in [1.54, 1.807) is 24.5 Å². The summed E-state index contributed by atoms with van der Waals surface area (Å²) in [5, 5.41) is 4.64. The van der Waals surface area contributed by atoms with Crippen LogP contribution in [0.15, 0.2) is 59.8 Å². The van der Waals surface area contributed by atoms with Crippen LogP contribution in [0.5, 0.6) is 0 Å². The minimum atomic E-state index is -0.326. The molecule has 0 radical (unpaired) electrons. The lowest BCUT2D eigenvalue weighted by Gasteiger charge is -2.08. The first-order valence-electron chi connectivity index (χ1n) is 6.07. The monoisotopic (exact) mass is 265 g/mol. The number of anilines is 1. The Balaban J connectivity index is 1.97. The molecule has 3 rings (SSSR count). The number of nitrogens with zero attached hydrogens (tertiary/aromatic N) is 1. The van der Waals surface area contributed by atoms with Gasteiger partial charge in [-0.25, -0.2) is 0 Å². The lowest BCUT2D eigenvalue weighted by Crippen LogP contribution is -2.15. The highest BCUT2D eigenvalue weighted by atomic mass is 16.2. The molecule has 98 valence electrons. The molecule has 5 nitrogen and oxygen atoms in total. The Kier molecular flexibility index (Phi) is 3.01. The fraction of sp³-hybridized carbons (Fsp3) is 0. The van der Waals surface area contributed by atoms with Crippen molar-refractivity contribution < 1.29 is 4.79 Å². The maximum atomic E-state index is 12.1. The van der Waals surface area contributed by atoms with E-state index in [1.165, 1.54) is 12.3 Å². The van der Waals surface area contributed by atoms with Gasteiger partial charge in [-0.05, 0) is 23.6 Å². The topological polar surface area (TPSA) is 74.8 Å². The molecule has 0 aliphatic heterocycles. The van der Waals surface area contributed by atoms with Gasteiger partial charge in [0, 0.05) is 35.6 Å². The molecule has 1 amide bonds. The first-order valence-corrected chi connectivity index (χ1v) is 6.07. The quantitative estimate of drug-likeness (QED) is 0.745. The van der Waals surface area contributed by atoms with Crippen LogP contribution in [0.1, 0.15) is 10.4 Å². The normalized spacial score (nSPS) is 10.4. The molecule has 5 heteroatoms. The number of H-pyrrole nitrogens is 1. The number of carbonyl (C=O) groups is 1. The van der Waals surface area contributed by atoms with Crippen molar-refractivity contribution >= 4 is 22.4 Å². The first kappa shape index (κ1) is 12.1. The van der Waals surface area contributed by atoms with E-state index in [9.17, 15) is 9.59 Å². The number of fused-ring (bicyclic) bond motifs is 1. The molecule has 0 spiro atoms. The van der Waals surface area contributed by atoms with Crippen LogP contribution in [0.2, 0.25) is 0 Å². The van der Waals surface area contributed by atoms with Crippen LogP contribution in [-0.4, -0.2) is 15.9 Å². The summed E-state index contributed by atoms with van der Waals surface area (Å²) in [5.74, 6) is -0.326. The van der Waals surface area contributed by atoms with Crippen LogP contribution in [-0.2, 0) is 0 Å². The Morgan fingerprint density at radius 3 is 2.95 bits per heavy atom. The molecular weight excluding hydrogens is 254 g/mol. The minimum Gasteiger partial charge on any atom is -0.329 e. The molecule has 2 aromatic heterocycles. The van der Waals surface area contributed by atoms with E-state index in [0.717, 1.165) is 10.8 Å². The van der Waals surface area contributed by atoms with Crippen molar-refractivity contribution in [2.45, 2.75) is 0 Å². The van der Waals surface area contributed by atoms with Crippen LogP contribution < -0.4 is 10.9 Å². The Morgan fingerprint density at radius 2 is 2.10 bits per heavy atom. The Hall–Kier alpha value is -2.95. The molecule has 20 heavy (non-hydrogen) atoms. The van der Waals surface area contributed by atoms with Crippen molar-refractivity contribution in [3.63, 3.8) is 0 Å². The van der Waals surface area contributed by atoms with Crippen LogP contribution in [0.4, 0.5) is 5.69 Å². The zero-order valence-corrected chi connectivity index (χ0v) is 10.5. The standard InChI is InChI=1S/C15H11N3O2/c19-14-8-11(5-7-17-14)15(20)18-13-3-1-2-10-4-6-16-9-12(10)13/h1-9H,(H,17,19)(H,18,20). The van der Waals surface area contributed by atoms with E-state index in [1.807, 2.05) is 18.2 Å². The van der Waals surface area contributed by atoms with Gasteiger partial charge in [0.1, 0.15) is 0 Å². The number of pyridine rings is 2. The number of rotatable bonds is 2. The van der Waals surface area contributed by atoms with Crippen molar-refractivity contribution in [1.29, 1.82) is 0 Å². The van der Waals surface area contributed by atoms with E-state index in [4.69, 9.17) is 0 Å².